The fourth-order valence-electron chi connectivity index (χ4n) is 3.68. The third-order valence-electron chi connectivity index (χ3n) is 4.55. The van der Waals surface area contributed by atoms with Crippen LogP contribution >= 0.6 is 0 Å². The van der Waals surface area contributed by atoms with Crippen LogP contribution in [0.25, 0.3) is 0 Å². The summed E-state index contributed by atoms with van der Waals surface area (Å²) in [7, 11) is 2.00. The van der Waals surface area contributed by atoms with Gasteiger partial charge in [-0.05, 0) is 68.9 Å². The Labute approximate surface area is 141 Å². The fourth-order valence-corrected chi connectivity index (χ4v) is 3.68. The van der Waals surface area contributed by atoms with E-state index in [4.69, 9.17) is 4.74 Å². The van der Waals surface area contributed by atoms with E-state index in [1.165, 1.54) is 6.92 Å². The van der Waals surface area contributed by atoms with Gasteiger partial charge in [0.15, 0.2) is 0 Å². The summed E-state index contributed by atoms with van der Waals surface area (Å²) < 4.78 is 5.42. The van der Waals surface area contributed by atoms with Gasteiger partial charge in [-0.15, -0.1) is 0 Å². The highest BCUT2D eigenvalue weighted by Crippen LogP contribution is 2.38. The lowest BCUT2D eigenvalue weighted by atomic mass is 9.76. The van der Waals surface area contributed by atoms with Crippen LogP contribution in [0.5, 0.6) is 0 Å². The molecule has 136 valence electrons. The van der Waals surface area contributed by atoms with Crippen molar-refractivity contribution in [2.75, 3.05) is 7.05 Å². The predicted molar refractivity (Wildman–Crippen MR) is 92.4 cm³/mol. The highest BCUT2D eigenvalue weighted by molar-refractivity contribution is 5.73. The molecule has 0 saturated carbocycles. The summed E-state index contributed by atoms with van der Waals surface area (Å²) in [5.74, 6) is -1.09. The summed E-state index contributed by atoms with van der Waals surface area (Å²) in [6.45, 7) is 17.0. The molecule has 0 aromatic rings. The first-order chi connectivity index (χ1) is 9.93. The van der Waals surface area contributed by atoms with Crippen LogP contribution in [-0.4, -0.2) is 45.7 Å². The van der Waals surface area contributed by atoms with Gasteiger partial charge >= 0.3 is 11.9 Å². The summed E-state index contributed by atoms with van der Waals surface area (Å²) in [5.41, 5.74) is -1.98. The van der Waals surface area contributed by atoms with Crippen molar-refractivity contribution in [3.63, 3.8) is 0 Å². The molecule has 0 saturated heterocycles. The molecule has 0 aromatic carbocycles. The van der Waals surface area contributed by atoms with Gasteiger partial charge in [0.1, 0.15) is 5.60 Å². The standard InChI is InChI=1S/C18H35NO4/c1-13(20)23-18(8,9)12-17(6,7)19(10)16(4,5)11-15(2,3)14(21)22/h11-12H2,1-10H3,(H,21,22). The highest BCUT2D eigenvalue weighted by Gasteiger charge is 2.43. The first kappa shape index (κ1) is 21.9. The molecule has 0 aliphatic heterocycles. The van der Waals surface area contributed by atoms with Crippen LogP contribution in [0.15, 0.2) is 0 Å². The second kappa shape index (κ2) is 6.80. The molecular formula is C18H35NO4. The van der Waals surface area contributed by atoms with Crippen molar-refractivity contribution in [3.05, 3.63) is 0 Å². The summed E-state index contributed by atoms with van der Waals surface area (Å²) in [4.78, 5) is 24.9. The van der Waals surface area contributed by atoms with Crippen molar-refractivity contribution in [2.24, 2.45) is 5.41 Å². The Bertz CT molecular complexity index is 450. The molecule has 0 atom stereocenters. The number of ether oxygens (including phenoxy) is 1. The van der Waals surface area contributed by atoms with Gasteiger partial charge in [0.25, 0.3) is 0 Å². The van der Waals surface area contributed by atoms with Crippen molar-refractivity contribution in [1.82, 2.24) is 4.90 Å². The van der Waals surface area contributed by atoms with Crippen molar-refractivity contribution in [1.29, 1.82) is 0 Å². The molecule has 0 aliphatic carbocycles. The molecule has 0 radical (unpaired) electrons. The number of esters is 1. The van der Waals surface area contributed by atoms with Crippen LogP contribution in [0.4, 0.5) is 0 Å². The van der Waals surface area contributed by atoms with Gasteiger partial charge in [-0.1, -0.05) is 0 Å². The summed E-state index contributed by atoms with van der Waals surface area (Å²) in [6, 6.07) is 0. The van der Waals surface area contributed by atoms with Gasteiger partial charge in [-0.25, -0.2) is 0 Å². The molecule has 0 amide bonds. The maximum atomic E-state index is 11.4. The Hall–Kier alpha value is -1.10. The number of carbonyl (C=O) groups excluding carboxylic acids is 1. The summed E-state index contributed by atoms with van der Waals surface area (Å²) in [5, 5.41) is 9.40. The second-order valence-corrected chi connectivity index (χ2v) is 9.08. The van der Waals surface area contributed by atoms with Crippen LogP contribution in [0.1, 0.15) is 75.2 Å². The Morgan fingerprint density at radius 2 is 1.30 bits per heavy atom. The maximum Gasteiger partial charge on any atom is 0.309 e. The van der Waals surface area contributed by atoms with E-state index in [2.05, 4.69) is 32.6 Å². The van der Waals surface area contributed by atoms with Crippen LogP contribution in [0.2, 0.25) is 0 Å². The van der Waals surface area contributed by atoms with E-state index in [-0.39, 0.29) is 17.0 Å². The number of nitrogens with zero attached hydrogens (tertiary/aromatic N) is 1. The van der Waals surface area contributed by atoms with E-state index in [0.29, 0.717) is 12.8 Å². The van der Waals surface area contributed by atoms with Crippen molar-refractivity contribution in [3.8, 4) is 0 Å². The van der Waals surface area contributed by atoms with E-state index in [9.17, 15) is 14.7 Å². The number of hydrogen-bond acceptors (Lipinski definition) is 4. The normalized spacial score (nSPS) is 14.0. The lowest BCUT2D eigenvalue weighted by Gasteiger charge is -2.50. The number of carboxylic acids is 1. The molecule has 23 heavy (non-hydrogen) atoms. The highest BCUT2D eigenvalue weighted by atomic mass is 16.6. The Morgan fingerprint density at radius 1 is 0.913 bits per heavy atom. The van der Waals surface area contributed by atoms with Gasteiger partial charge in [0.05, 0.1) is 5.41 Å². The minimum absolute atomic E-state index is 0.267. The SMILES string of the molecule is CC(=O)OC(C)(C)CC(C)(C)N(C)C(C)(C)CC(C)(C)C(=O)O. The predicted octanol–water partition coefficient (Wildman–Crippen LogP) is 3.71. The largest absolute Gasteiger partial charge is 0.481 e. The van der Waals surface area contributed by atoms with Crippen molar-refractivity contribution >= 4 is 11.9 Å². The number of aliphatic carboxylic acids is 1. The molecule has 0 spiro atoms. The Balaban J connectivity index is 5.26. The van der Waals surface area contributed by atoms with Crippen LogP contribution < -0.4 is 0 Å². The molecule has 0 aliphatic rings. The van der Waals surface area contributed by atoms with Gasteiger partial charge in [-0.2, -0.15) is 0 Å². The lowest BCUT2D eigenvalue weighted by Crippen LogP contribution is -2.57. The van der Waals surface area contributed by atoms with Crippen molar-refractivity contribution in [2.45, 2.75) is 91.8 Å². The number of rotatable bonds is 8. The zero-order valence-corrected chi connectivity index (χ0v) is 16.5. The van der Waals surface area contributed by atoms with Gasteiger partial charge in [0.2, 0.25) is 0 Å². The summed E-state index contributed by atoms with van der Waals surface area (Å²) in [6.07, 6.45) is 1.16. The van der Waals surface area contributed by atoms with Gasteiger partial charge in [0, 0.05) is 24.4 Å². The molecular weight excluding hydrogens is 294 g/mol. The molecule has 0 aromatic heterocycles. The topological polar surface area (TPSA) is 66.8 Å². The average Bonchev–Trinajstić information content (AvgIpc) is 2.22. The quantitative estimate of drug-likeness (QED) is 0.688. The minimum Gasteiger partial charge on any atom is -0.481 e. The first-order valence-corrected chi connectivity index (χ1v) is 8.10. The zero-order valence-electron chi connectivity index (χ0n) is 16.5. The molecule has 0 unspecified atom stereocenters. The second-order valence-electron chi connectivity index (χ2n) is 9.08. The molecule has 0 fully saturated rings. The molecule has 1 N–H and O–H groups in total. The molecule has 5 nitrogen and oxygen atoms in total. The van der Waals surface area contributed by atoms with Crippen molar-refractivity contribution < 1.29 is 19.4 Å². The summed E-state index contributed by atoms with van der Waals surface area (Å²) >= 11 is 0. The third-order valence-corrected chi connectivity index (χ3v) is 4.55. The molecule has 5 heteroatoms. The first-order valence-electron chi connectivity index (χ1n) is 8.10. The van der Waals surface area contributed by atoms with Gasteiger partial charge in [-0.3, -0.25) is 14.5 Å². The number of carbonyl (C=O) groups is 2. The Kier molecular flexibility index (Phi) is 6.47. The van der Waals surface area contributed by atoms with Crippen LogP contribution in [0, 0.1) is 5.41 Å². The number of carboxylic acid groups (broad SMARTS) is 1. The zero-order chi connectivity index (χ0) is 18.9. The molecule has 0 rings (SSSR count). The third kappa shape index (κ3) is 6.50. The van der Waals surface area contributed by atoms with Crippen LogP contribution in [0.3, 0.4) is 0 Å². The average molecular weight is 329 g/mol. The maximum absolute atomic E-state index is 11.4. The Morgan fingerprint density at radius 3 is 1.65 bits per heavy atom. The lowest BCUT2D eigenvalue weighted by molar-refractivity contribution is -0.159. The molecule has 0 bridgehead atoms. The monoisotopic (exact) mass is 329 g/mol. The minimum atomic E-state index is -0.806. The smallest absolute Gasteiger partial charge is 0.309 e. The fraction of sp³-hybridized carbons (Fsp3) is 0.889. The van der Waals surface area contributed by atoms with E-state index >= 15 is 0 Å². The number of hydrogen-bond donors (Lipinski definition) is 1. The van der Waals surface area contributed by atoms with E-state index in [1.807, 2.05) is 20.9 Å². The van der Waals surface area contributed by atoms with E-state index in [1.54, 1.807) is 13.8 Å². The van der Waals surface area contributed by atoms with Gasteiger partial charge < -0.3 is 9.84 Å². The molecule has 0 heterocycles. The van der Waals surface area contributed by atoms with Crippen LogP contribution in [-0.2, 0) is 14.3 Å². The van der Waals surface area contributed by atoms with E-state index < -0.39 is 17.0 Å². The van der Waals surface area contributed by atoms with E-state index in [0.717, 1.165) is 0 Å².